The molecule has 2 aromatic heterocycles. The number of rotatable bonds is 9. The zero-order chi connectivity index (χ0) is 22.2. The molecule has 2 heterocycles. The number of hydrogen-bond donors (Lipinski definition) is 2. The summed E-state index contributed by atoms with van der Waals surface area (Å²) in [5, 5.41) is 15.3. The smallest absolute Gasteiger partial charge is 0.273 e. The minimum atomic E-state index is -0.454. The van der Waals surface area contributed by atoms with Gasteiger partial charge in [0.2, 0.25) is 5.91 Å². The Bertz CT molecular complexity index is 1130. The van der Waals surface area contributed by atoms with E-state index in [2.05, 4.69) is 28.4 Å². The second-order valence-corrected chi connectivity index (χ2v) is 8.25. The van der Waals surface area contributed by atoms with Crippen LogP contribution < -0.4 is 10.9 Å². The molecule has 3 rings (SSSR count). The van der Waals surface area contributed by atoms with Crippen molar-refractivity contribution in [3.63, 3.8) is 0 Å². The van der Waals surface area contributed by atoms with E-state index in [9.17, 15) is 14.9 Å². The first kappa shape index (κ1) is 22.4. The van der Waals surface area contributed by atoms with Crippen LogP contribution in [0.5, 0.6) is 0 Å². The summed E-state index contributed by atoms with van der Waals surface area (Å²) in [6.07, 6.45) is 3.47. The Kier molecular flexibility index (Phi) is 7.68. The maximum atomic E-state index is 12.9. The summed E-state index contributed by atoms with van der Waals surface area (Å²) in [4.78, 5) is 29.8. The van der Waals surface area contributed by atoms with Gasteiger partial charge in [-0.05, 0) is 43.5 Å². The normalized spacial score (nSPS) is 11.6. The number of thioether (sulfide) groups is 1. The molecule has 0 aliphatic carbocycles. The van der Waals surface area contributed by atoms with E-state index in [4.69, 9.17) is 0 Å². The number of aromatic amines is 1. The zero-order valence-electron chi connectivity index (χ0n) is 17.6. The summed E-state index contributed by atoms with van der Waals surface area (Å²) in [5.41, 5.74) is 1.79. The van der Waals surface area contributed by atoms with Crippen LogP contribution in [0, 0.1) is 11.3 Å². The van der Waals surface area contributed by atoms with Crippen molar-refractivity contribution in [1.29, 1.82) is 5.26 Å². The molecule has 2 N–H and O–H groups in total. The van der Waals surface area contributed by atoms with Crippen LogP contribution in [0.25, 0.3) is 5.69 Å². The molecule has 0 spiro atoms. The van der Waals surface area contributed by atoms with Crippen molar-refractivity contribution in [3.05, 3.63) is 70.1 Å². The molecular formula is C23H25N5O2S. The second kappa shape index (κ2) is 10.6. The molecule has 7 nitrogen and oxygen atoms in total. The number of aryl methyl sites for hydroxylation is 1. The van der Waals surface area contributed by atoms with E-state index in [-0.39, 0.29) is 11.5 Å². The van der Waals surface area contributed by atoms with Gasteiger partial charge in [-0.25, -0.2) is 9.67 Å². The maximum Gasteiger partial charge on any atom is 0.273 e. The molecule has 0 bridgehead atoms. The SMILES string of the molecule is CCCCc1ccc(C#N)c(SC(CC)C(=O)Nc2cc(=O)n(-c3ccccc3)[nH]2)n1. The number of nitriles is 1. The highest BCUT2D eigenvalue weighted by molar-refractivity contribution is 8.00. The molecule has 0 aliphatic heterocycles. The summed E-state index contributed by atoms with van der Waals surface area (Å²) in [7, 11) is 0. The molecule has 0 saturated carbocycles. The first-order chi connectivity index (χ1) is 15.0. The molecule has 0 fully saturated rings. The van der Waals surface area contributed by atoms with Crippen LogP contribution in [0.3, 0.4) is 0 Å². The number of benzene rings is 1. The number of aromatic nitrogens is 3. The van der Waals surface area contributed by atoms with Crippen LogP contribution in [-0.4, -0.2) is 25.9 Å². The Morgan fingerprint density at radius 1 is 1.26 bits per heavy atom. The molecule has 0 saturated heterocycles. The van der Waals surface area contributed by atoms with Gasteiger partial charge >= 0.3 is 0 Å². The van der Waals surface area contributed by atoms with E-state index in [1.54, 1.807) is 18.2 Å². The fourth-order valence-corrected chi connectivity index (χ4v) is 4.06. The molecule has 1 amide bonds. The number of para-hydroxylation sites is 1. The van der Waals surface area contributed by atoms with Crippen molar-refractivity contribution < 1.29 is 4.79 Å². The molecule has 160 valence electrons. The van der Waals surface area contributed by atoms with Crippen LogP contribution in [0.15, 0.2) is 58.4 Å². The number of unbranched alkanes of at least 4 members (excludes halogenated alkanes) is 1. The Morgan fingerprint density at radius 2 is 2.03 bits per heavy atom. The molecule has 1 atom stereocenters. The van der Waals surface area contributed by atoms with Crippen LogP contribution >= 0.6 is 11.8 Å². The van der Waals surface area contributed by atoms with E-state index in [1.165, 1.54) is 22.5 Å². The molecule has 0 aliphatic rings. The number of carbonyl (C=O) groups is 1. The lowest BCUT2D eigenvalue weighted by atomic mass is 10.2. The largest absolute Gasteiger partial charge is 0.310 e. The summed E-state index contributed by atoms with van der Waals surface area (Å²) in [6, 6.07) is 16.3. The first-order valence-corrected chi connectivity index (χ1v) is 11.2. The van der Waals surface area contributed by atoms with Gasteiger partial charge in [-0.3, -0.25) is 14.7 Å². The van der Waals surface area contributed by atoms with Gasteiger partial charge in [-0.1, -0.05) is 50.2 Å². The third kappa shape index (κ3) is 5.64. The second-order valence-electron chi connectivity index (χ2n) is 7.05. The molecule has 0 radical (unpaired) electrons. The molecule has 1 unspecified atom stereocenters. The van der Waals surface area contributed by atoms with Crippen LogP contribution in [0.1, 0.15) is 44.4 Å². The van der Waals surface area contributed by atoms with Gasteiger partial charge in [0, 0.05) is 11.8 Å². The Balaban J connectivity index is 1.76. The average molecular weight is 436 g/mol. The molecule has 31 heavy (non-hydrogen) atoms. The number of nitrogens with one attached hydrogen (secondary N) is 2. The number of anilines is 1. The van der Waals surface area contributed by atoms with Crippen molar-refractivity contribution >= 4 is 23.5 Å². The highest BCUT2D eigenvalue weighted by atomic mass is 32.2. The monoisotopic (exact) mass is 435 g/mol. The van der Waals surface area contributed by atoms with Crippen LogP contribution in [-0.2, 0) is 11.2 Å². The van der Waals surface area contributed by atoms with Crippen molar-refractivity contribution in [2.45, 2.75) is 49.8 Å². The van der Waals surface area contributed by atoms with Gasteiger partial charge in [-0.15, -0.1) is 0 Å². The lowest BCUT2D eigenvalue weighted by Crippen LogP contribution is -2.25. The van der Waals surface area contributed by atoms with E-state index in [0.717, 1.165) is 25.0 Å². The minimum absolute atomic E-state index is 0.251. The maximum absolute atomic E-state index is 12.9. The van der Waals surface area contributed by atoms with Gasteiger partial charge in [0.15, 0.2) is 0 Å². The van der Waals surface area contributed by atoms with Gasteiger partial charge < -0.3 is 5.32 Å². The Hall–Kier alpha value is -3.31. The summed E-state index contributed by atoms with van der Waals surface area (Å²) in [6.45, 7) is 4.02. The predicted molar refractivity (Wildman–Crippen MR) is 123 cm³/mol. The average Bonchev–Trinajstić information content (AvgIpc) is 3.16. The predicted octanol–water partition coefficient (Wildman–Crippen LogP) is 4.28. The quantitative estimate of drug-likeness (QED) is 0.488. The van der Waals surface area contributed by atoms with Gasteiger partial charge in [0.25, 0.3) is 5.56 Å². The van der Waals surface area contributed by atoms with Crippen molar-refractivity contribution in [2.75, 3.05) is 5.32 Å². The van der Waals surface area contributed by atoms with E-state index in [1.807, 2.05) is 31.2 Å². The topological polar surface area (TPSA) is 104 Å². The van der Waals surface area contributed by atoms with E-state index < -0.39 is 5.25 Å². The standard InChI is InChI=1S/C23H25N5O2S/c1-3-5-9-17-13-12-16(15-24)23(25-17)31-19(4-2)22(30)26-20-14-21(29)28(27-20)18-10-7-6-8-11-18/h6-8,10-14,19,27H,3-5,9H2,1-2H3,(H,26,30). The summed E-state index contributed by atoms with van der Waals surface area (Å²) in [5.74, 6) is 0.0710. The molecule has 3 aromatic rings. The summed E-state index contributed by atoms with van der Waals surface area (Å²) < 4.78 is 1.37. The number of pyridine rings is 1. The minimum Gasteiger partial charge on any atom is -0.310 e. The van der Waals surface area contributed by atoms with Gasteiger partial charge in [0.05, 0.1) is 16.5 Å². The molecule has 1 aromatic carbocycles. The summed E-state index contributed by atoms with van der Waals surface area (Å²) >= 11 is 1.28. The highest BCUT2D eigenvalue weighted by Crippen LogP contribution is 2.28. The fourth-order valence-electron chi connectivity index (χ4n) is 3.05. The van der Waals surface area contributed by atoms with Crippen molar-refractivity contribution in [2.24, 2.45) is 0 Å². The van der Waals surface area contributed by atoms with Gasteiger partial charge in [0.1, 0.15) is 16.9 Å². The lowest BCUT2D eigenvalue weighted by Gasteiger charge is -2.15. The van der Waals surface area contributed by atoms with Crippen LogP contribution in [0.2, 0.25) is 0 Å². The van der Waals surface area contributed by atoms with Crippen molar-refractivity contribution in [1.82, 2.24) is 14.8 Å². The van der Waals surface area contributed by atoms with E-state index >= 15 is 0 Å². The number of nitrogens with zero attached hydrogens (tertiary/aromatic N) is 3. The molecule has 8 heteroatoms. The Morgan fingerprint density at radius 3 is 2.71 bits per heavy atom. The highest BCUT2D eigenvalue weighted by Gasteiger charge is 2.22. The molecular weight excluding hydrogens is 410 g/mol. The number of amides is 1. The zero-order valence-corrected chi connectivity index (χ0v) is 18.4. The third-order valence-corrected chi connectivity index (χ3v) is 6.10. The Labute approximate surface area is 185 Å². The van der Waals surface area contributed by atoms with E-state index in [0.29, 0.717) is 28.5 Å². The lowest BCUT2D eigenvalue weighted by molar-refractivity contribution is -0.115. The van der Waals surface area contributed by atoms with Crippen LogP contribution in [0.4, 0.5) is 5.82 Å². The first-order valence-electron chi connectivity index (χ1n) is 10.3. The number of carbonyl (C=O) groups excluding carboxylic acids is 1. The number of H-pyrrole nitrogens is 1. The van der Waals surface area contributed by atoms with Gasteiger partial charge in [-0.2, -0.15) is 5.26 Å². The number of hydrogen-bond acceptors (Lipinski definition) is 5. The van der Waals surface area contributed by atoms with Crippen molar-refractivity contribution in [3.8, 4) is 11.8 Å². The third-order valence-electron chi connectivity index (χ3n) is 4.73. The fraction of sp³-hybridized carbons (Fsp3) is 0.304.